The van der Waals surface area contributed by atoms with E-state index in [1.165, 1.54) is 4.90 Å². The molecule has 2 amide bonds. The Morgan fingerprint density at radius 1 is 1.26 bits per heavy atom. The minimum absolute atomic E-state index is 0.0555. The number of rotatable bonds is 6. The van der Waals surface area contributed by atoms with Gasteiger partial charge < -0.3 is 25.5 Å². The molecule has 2 aliphatic rings. The SMILES string of the molecule is C[C@H](CC(=O)O)NC(=O)CN1CCc2ccc(N3CCNCC3)cc2C1=O. The van der Waals surface area contributed by atoms with Crippen LogP contribution in [-0.2, 0) is 16.0 Å². The minimum atomic E-state index is -0.966. The highest BCUT2D eigenvalue weighted by molar-refractivity contribution is 5.99. The molecule has 146 valence electrons. The summed E-state index contributed by atoms with van der Waals surface area (Å²) in [5.41, 5.74) is 2.70. The summed E-state index contributed by atoms with van der Waals surface area (Å²) in [6.45, 7) is 5.72. The van der Waals surface area contributed by atoms with Crippen LogP contribution in [0.2, 0.25) is 0 Å². The molecule has 1 aromatic rings. The molecule has 8 nitrogen and oxygen atoms in total. The Morgan fingerprint density at radius 2 is 2.00 bits per heavy atom. The minimum Gasteiger partial charge on any atom is -0.481 e. The third kappa shape index (κ3) is 4.77. The van der Waals surface area contributed by atoms with Crippen molar-refractivity contribution in [2.75, 3.05) is 44.2 Å². The van der Waals surface area contributed by atoms with Crippen molar-refractivity contribution in [1.29, 1.82) is 0 Å². The van der Waals surface area contributed by atoms with Gasteiger partial charge in [0, 0.05) is 50.0 Å². The number of hydrogen-bond donors (Lipinski definition) is 3. The zero-order valence-electron chi connectivity index (χ0n) is 15.5. The number of carboxylic acid groups (broad SMARTS) is 1. The first kappa shape index (κ1) is 19.2. The smallest absolute Gasteiger partial charge is 0.305 e. The normalized spacial score (nSPS) is 18.0. The van der Waals surface area contributed by atoms with Crippen molar-refractivity contribution in [3.05, 3.63) is 29.3 Å². The van der Waals surface area contributed by atoms with Crippen molar-refractivity contribution in [1.82, 2.24) is 15.5 Å². The molecule has 0 saturated carbocycles. The Bertz CT molecular complexity index is 730. The second-order valence-electron chi connectivity index (χ2n) is 7.12. The molecule has 0 aliphatic carbocycles. The molecule has 0 aromatic heterocycles. The molecule has 27 heavy (non-hydrogen) atoms. The Kier molecular flexibility index (Phi) is 5.95. The average molecular weight is 374 g/mol. The van der Waals surface area contributed by atoms with Crippen molar-refractivity contribution in [3.8, 4) is 0 Å². The van der Waals surface area contributed by atoms with Gasteiger partial charge in [0.05, 0.1) is 13.0 Å². The highest BCUT2D eigenvalue weighted by Crippen LogP contribution is 2.25. The van der Waals surface area contributed by atoms with Crippen molar-refractivity contribution >= 4 is 23.5 Å². The number of fused-ring (bicyclic) bond motifs is 1. The Labute approximate surface area is 158 Å². The summed E-state index contributed by atoms with van der Waals surface area (Å²) in [5, 5.41) is 14.7. The lowest BCUT2D eigenvalue weighted by molar-refractivity contribution is -0.137. The Hall–Kier alpha value is -2.61. The first-order chi connectivity index (χ1) is 12.9. The molecule has 1 saturated heterocycles. The predicted octanol–water partition coefficient (Wildman–Crippen LogP) is 0.0739. The number of nitrogens with zero attached hydrogens (tertiary/aromatic N) is 2. The highest BCUT2D eigenvalue weighted by atomic mass is 16.4. The first-order valence-corrected chi connectivity index (χ1v) is 9.33. The van der Waals surface area contributed by atoms with E-state index in [2.05, 4.69) is 21.6 Å². The maximum Gasteiger partial charge on any atom is 0.305 e. The predicted molar refractivity (Wildman–Crippen MR) is 101 cm³/mol. The molecule has 1 fully saturated rings. The van der Waals surface area contributed by atoms with Gasteiger partial charge in [-0.15, -0.1) is 0 Å². The van der Waals surface area contributed by atoms with Gasteiger partial charge in [0.15, 0.2) is 0 Å². The van der Waals surface area contributed by atoms with Gasteiger partial charge in [-0.05, 0) is 31.0 Å². The van der Waals surface area contributed by atoms with Crippen LogP contribution in [0.4, 0.5) is 5.69 Å². The molecule has 0 radical (unpaired) electrons. The van der Waals surface area contributed by atoms with Crippen LogP contribution in [0.1, 0.15) is 29.3 Å². The third-order valence-corrected chi connectivity index (χ3v) is 4.97. The summed E-state index contributed by atoms with van der Waals surface area (Å²) < 4.78 is 0. The second kappa shape index (κ2) is 8.39. The largest absolute Gasteiger partial charge is 0.481 e. The fraction of sp³-hybridized carbons (Fsp3) is 0.526. The van der Waals surface area contributed by atoms with Gasteiger partial charge in [-0.25, -0.2) is 0 Å². The summed E-state index contributed by atoms with van der Waals surface area (Å²) >= 11 is 0. The molecule has 3 N–H and O–H groups in total. The average Bonchev–Trinajstić information content (AvgIpc) is 2.64. The van der Waals surface area contributed by atoms with Crippen LogP contribution in [0.3, 0.4) is 0 Å². The van der Waals surface area contributed by atoms with E-state index in [0.29, 0.717) is 18.5 Å². The molecule has 0 unspecified atom stereocenters. The number of benzene rings is 1. The van der Waals surface area contributed by atoms with Crippen LogP contribution in [0, 0.1) is 0 Å². The molecule has 1 aromatic carbocycles. The van der Waals surface area contributed by atoms with Gasteiger partial charge in [-0.3, -0.25) is 14.4 Å². The van der Waals surface area contributed by atoms with E-state index in [9.17, 15) is 14.4 Å². The van der Waals surface area contributed by atoms with Crippen LogP contribution in [0.15, 0.2) is 18.2 Å². The zero-order chi connectivity index (χ0) is 19.4. The quantitative estimate of drug-likeness (QED) is 0.652. The molecule has 1 atom stereocenters. The summed E-state index contributed by atoms with van der Waals surface area (Å²) in [6, 6.07) is 5.53. The number of piperazine rings is 1. The number of carbonyl (C=O) groups is 3. The Morgan fingerprint density at radius 3 is 2.70 bits per heavy atom. The van der Waals surface area contributed by atoms with Crippen LogP contribution < -0.4 is 15.5 Å². The van der Waals surface area contributed by atoms with Crippen molar-refractivity contribution in [2.45, 2.75) is 25.8 Å². The number of amides is 2. The van der Waals surface area contributed by atoms with Crippen molar-refractivity contribution in [3.63, 3.8) is 0 Å². The Balaban J connectivity index is 1.66. The van der Waals surface area contributed by atoms with Crippen molar-refractivity contribution < 1.29 is 19.5 Å². The summed E-state index contributed by atoms with van der Waals surface area (Å²) in [7, 11) is 0. The van der Waals surface area contributed by atoms with E-state index in [1.807, 2.05) is 12.1 Å². The number of hydrogen-bond acceptors (Lipinski definition) is 5. The number of aliphatic carboxylic acids is 1. The number of anilines is 1. The van der Waals surface area contributed by atoms with E-state index in [0.717, 1.165) is 37.4 Å². The van der Waals surface area contributed by atoms with Gasteiger partial charge in [0.2, 0.25) is 5.91 Å². The summed E-state index contributed by atoms with van der Waals surface area (Å²) in [6.07, 6.45) is 0.567. The lowest BCUT2D eigenvalue weighted by atomic mass is 9.97. The molecule has 2 heterocycles. The number of carboxylic acids is 1. The molecule has 2 aliphatic heterocycles. The van der Waals surface area contributed by atoms with Gasteiger partial charge in [-0.1, -0.05) is 6.07 Å². The van der Waals surface area contributed by atoms with Crippen LogP contribution in [0.5, 0.6) is 0 Å². The molecule has 3 rings (SSSR count). The second-order valence-corrected chi connectivity index (χ2v) is 7.12. The maximum absolute atomic E-state index is 12.9. The van der Waals surface area contributed by atoms with Crippen LogP contribution in [-0.4, -0.2) is 73.1 Å². The van der Waals surface area contributed by atoms with Crippen LogP contribution in [0.25, 0.3) is 0 Å². The lowest BCUT2D eigenvalue weighted by Gasteiger charge is -2.32. The molecule has 8 heteroatoms. The zero-order valence-corrected chi connectivity index (χ0v) is 15.5. The highest BCUT2D eigenvalue weighted by Gasteiger charge is 2.27. The fourth-order valence-electron chi connectivity index (χ4n) is 3.59. The monoisotopic (exact) mass is 374 g/mol. The summed E-state index contributed by atoms with van der Waals surface area (Å²) in [5.74, 6) is -1.45. The standard InChI is InChI=1S/C19H26N4O4/c1-13(10-18(25)26)21-17(24)12-23-7-4-14-2-3-15(11-16(14)19(23)27)22-8-5-20-6-9-22/h2-3,11,13,20H,4-10,12H2,1H3,(H,21,24)(H,25,26)/t13-/m1/s1. The van der Waals surface area contributed by atoms with E-state index >= 15 is 0 Å². The topological polar surface area (TPSA) is 102 Å². The number of nitrogens with one attached hydrogen (secondary N) is 2. The lowest BCUT2D eigenvalue weighted by Crippen LogP contribution is -2.46. The van der Waals surface area contributed by atoms with Crippen molar-refractivity contribution in [2.24, 2.45) is 0 Å². The molecule has 0 bridgehead atoms. The van der Waals surface area contributed by atoms with E-state index < -0.39 is 12.0 Å². The third-order valence-electron chi connectivity index (χ3n) is 4.97. The van der Waals surface area contributed by atoms with Gasteiger partial charge in [0.1, 0.15) is 0 Å². The maximum atomic E-state index is 12.9. The first-order valence-electron chi connectivity index (χ1n) is 9.33. The summed E-state index contributed by atoms with van der Waals surface area (Å²) in [4.78, 5) is 39.5. The van der Waals surface area contributed by atoms with Gasteiger partial charge >= 0.3 is 5.97 Å². The fourth-order valence-corrected chi connectivity index (χ4v) is 3.59. The molecular weight excluding hydrogens is 348 g/mol. The van der Waals surface area contributed by atoms with Gasteiger partial charge in [-0.2, -0.15) is 0 Å². The van der Waals surface area contributed by atoms with E-state index in [1.54, 1.807) is 6.92 Å². The van der Waals surface area contributed by atoms with E-state index in [-0.39, 0.29) is 24.8 Å². The van der Waals surface area contributed by atoms with E-state index in [4.69, 9.17) is 5.11 Å². The number of carbonyl (C=O) groups excluding carboxylic acids is 2. The van der Waals surface area contributed by atoms with Gasteiger partial charge in [0.25, 0.3) is 5.91 Å². The molecule has 0 spiro atoms. The van der Waals surface area contributed by atoms with Crippen LogP contribution >= 0.6 is 0 Å². The molecular formula is C19H26N4O4.